The summed E-state index contributed by atoms with van der Waals surface area (Å²) in [5.41, 5.74) is 1.05. The van der Waals surface area contributed by atoms with Crippen molar-refractivity contribution in [2.75, 3.05) is 0 Å². The summed E-state index contributed by atoms with van der Waals surface area (Å²) in [7, 11) is 0. The first kappa shape index (κ1) is 13.2. The fourth-order valence-electron chi connectivity index (χ4n) is 1.85. The van der Waals surface area contributed by atoms with Crippen molar-refractivity contribution in [3.63, 3.8) is 0 Å². The highest BCUT2D eigenvalue weighted by Crippen LogP contribution is 2.16. The molecule has 2 rings (SSSR count). The molecule has 0 aliphatic carbocycles. The van der Waals surface area contributed by atoms with Crippen LogP contribution in [-0.2, 0) is 13.0 Å². The second-order valence-electron chi connectivity index (χ2n) is 4.59. The van der Waals surface area contributed by atoms with Gasteiger partial charge in [0, 0.05) is 28.5 Å². The van der Waals surface area contributed by atoms with Crippen molar-refractivity contribution in [1.29, 1.82) is 0 Å². The number of thiophene rings is 1. The Morgan fingerprint density at radius 1 is 1.28 bits per heavy atom. The fourth-order valence-corrected chi connectivity index (χ4v) is 2.87. The van der Waals surface area contributed by atoms with Crippen molar-refractivity contribution in [2.45, 2.75) is 39.8 Å². The van der Waals surface area contributed by atoms with Gasteiger partial charge in [-0.15, -0.1) is 11.3 Å². The zero-order chi connectivity index (χ0) is 13.0. The highest BCUT2D eigenvalue weighted by atomic mass is 32.1. The molecule has 0 spiro atoms. The first-order chi connectivity index (χ1) is 8.63. The van der Waals surface area contributed by atoms with Gasteiger partial charge in [0.25, 0.3) is 0 Å². The molecule has 1 N–H and O–H groups in total. The fraction of sp³-hybridized carbons (Fsp3) is 0.429. The van der Waals surface area contributed by atoms with Gasteiger partial charge in [0.15, 0.2) is 0 Å². The Labute approximate surface area is 112 Å². The molecule has 18 heavy (non-hydrogen) atoms. The molecule has 0 amide bonds. The summed E-state index contributed by atoms with van der Waals surface area (Å²) in [5.74, 6) is 0.829. The zero-order valence-electron chi connectivity index (χ0n) is 11.1. The molecule has 1 unspecified atom stereocenters. The van der Waals surface area contributed by atoms with Crippen LogP contribution in [0.5, 0.6) is 0 Å². The van der Waals surface area contributed by atoms with Gasteiger partial charge in [0.1, 0.15) is 5.82 Å². The van der Waals surface area contributed by atoms with Crippen LogP contribution in [0.25, 0.3) is 0 Å². The maximum atomic E-state index is 4.39. The average molecular weight is 261 g/mol. The smallest absolute Gasteiger partial charge is 0.125 e. The molecular formula is C14H19N3S. The lowest BCUT2D eigenvalue weighted by Gasteiger charge is -2.12. The highest BCUT2D eigenvalue weighted by molar-refractivity contribution is 7.11. The Bertz CT molecular complexity index is 507. The Morgan fingerprint density at radius 2 is 2.11 bits per heavy atom. The lowest BCUT2D eigenvalue weighted by molar-refractivity contribution is 0.542. The van der Waals surface area contributed by atoms with E-state index in [1.807, 2.05) is 30.5 Å². The van der Waals surface area contributed by atoms with Crippen molar-refractivity contribution in [1.82, 2.24) is 15.3 Å². The van der Waals surface area contributed by atoms with Crippen LogP contribution < -0.4 is 5.32 Å². The second kappa shape index (κ2) is 6.07. The number of hydrogen-bond donors (Lipinski definition) is 1. The Hall–Kier alpha value is -1.26. The van der Waals surface area contributed by atoms with E-state index in [0.29, 0.717) is 6.04 Å². The van der Waals surface area contributed by atoms with Gasteiger partial charge in [-0.05, 0) is 45.4 Å². The minimum atomic E-state index is 0.457. The molecule has 0 aliphatic rings. The van der Waals surface area contributed by atoms with Gasteiger partial charge in [-0.2, -0.15) is 0 Å². The van der Waals surface area contributed by atoms with Crippen molar-refractivity contribution < 1.29 is 0 Å². The van der Waals surface area contributed by atoms with E-state index in [9.17, 15) is 0 Å². The molecule has 2 aromatic rings. The monoisotopic (exact) mass is 261 g/mol. The summed E-state index contributed by atoms with van der Waals surface area (Å²) in [6, 6.07) is 6.81. The maximum Gasteiger partial charge on any atom is 0.125 e. The van der Waals surface area contributed by atoms with E-state index in [0.717, 1.165) is 24.5 Å². The van der Waals surface area contributed by atoms with Crippen molar-refractivity contribution in [2.24, 2.45) is 0 Å². The largest absolute Gasteiger partial charge is 0.308 e. The maximum absolute atomic E-state index is 4.39. The topological polar surface area (TPSA) is 37.8 Å². The third-order valence-corrected chi connectivity index (χ3v) is 3.79. The van der Waals surface area contributed by atoms with E-state index < -0.39 is 0 Å². The predicted molar refractivity (Wildman–Crippen MR) is 75.8 cm³/mol. The molecule has 0 saturated carbocycles. The van der Waals surface area contributed by atoms with Gasteiger partial charge in [-0.3, -0.25) is 0 Å². The second-order valence-corrected chi connectivity index (χ2v) is 5.97. The van der Waals surface area contributed by atoms with Crippen molar-refractivity contribution in [3.8, 4) is 0 Å². The zero-order valence-corrected chi connectivity index (χ0v) is 11.9. The van der Waals surface area contributed by atoms with Gasteiger partial charge < -0.3 is 5.32 Å². The summed E-state index contributed by atoms with van der Waals surface area (Å²) >= 11 is 1.87. The van der Waals surface area contributed by atoms with Crippen LogP contribution in [0.15, 0.2) is 24.4 Å². The molecule has 0 fully saturated rings. The molecule has 0 aliphatic heterocycles. The molecule has 0 radical (unpaired) electrons. The Kier molecular flexibility index (Phi) is 4.44. The molecular weight excluding hydrogens is 242 g/mol. The minimum Gasteiger partial charge on any atom is -0.308 e. The average Bonchev–Trinajstić information content (AvgIpc) is 2.72. The van der Waals surface area contributed by atoms with Crippen LogP contribution in [-0.4, -0.2) is 16.0 Å². The van der Waals surface area contributed by atoms with E-state index in [2.05, 4.69) is 41.3 Å². The summed E-state index contributed by atoms with van der Waals surface area (Å²) < 4.78 is 0. The van der Waals surface area contributed by atoms with Gasteiger partial charge in [-0.25, -0.2) is 9.97 Å². The molecule has 0 aromatic carbocycles. The summed E-state index contributed by atoms with van der Waals surface area (Å²) in [4.78, 5) is 11.3. The van der Waals surface area contributed by atoms with E-state index in [1.54, 1.807) is 0 Å². The summed E-state index contributed by atoms with van der Waals surface area (Å²) in [6.45, 7) is 7.08. The SMILES string of the molecule is Cc1nccc(CNC(C)Cc2ccc(C)s2)n1. The molecule has 3 nitrogen and oxygen atoms in total. The van der Waals surface area contributed by atoms with Gasteiger partial charge in [0.2, 0.25) is 0 Å². The van der Waals surface area contributed by atoms with E-state index in [4.69, 9.17) is 0 Å². The number of rotatable bonds is 5. The third kappa shape index (κ3) is 3.89. The molecule has 2 aromatic heterocycles. The number of hydrogen-bond acceptors (Lipinski definition) is 4. The molecule has 1 atom stereocenters. The normalized spacial score (nSPS) is 12.6. The molecule has 0 bridgehead atoms. The minimum absolute atomic E-state index is 0.457. The molecule has 4 heteroatoms. The molecule has 0 saturated heterocycles. The summed E-state index contributed by atoms with van der Waals surface area (Å²) in [6.07, 6.45) is 2.88. The van der Waals surface area contributed by atoms with E-state index >= 15 is 0 Å². The molecule has 96 valence electrons. The van der Waals surface area contributed by atoms with E-state index in [1.165, 1.54) is 9.75 Å². The van der Waals surface area contributed by atoms with Gasteiger partial charge >= 0.3 is 0 Å². The van der Waals surface area contributed by atoms with Crippen LogP contribution in [0.4, 0.5) is 0 Å². The lowest BCUT2D eigenvalue weighted by Crippen LogP contribution is -2.27. The van der Waals surface area contributed by atoms with Crippen molar-refractivity contribution in [3.05, 3.63) is 45.7 Å². The Morgan fingerprint density at radius 3 is 2.78 bits per heavy atom. The van der Waals surface area contributed by atoms with E-state index in [-0.39, 0.29) is 0 Å². The number of nitrogens with one attached hydrogen (secondary N) is 1. The van der Waals surface area contributed by atoms with Gasteiger partial charge in [0.05, 0.1) is 5.69 Å². The standard InChI is InChI=1S/C14H19N3S/c1-10(8-14-5-4-11(2)18-14)16-9-13-6-7-15-12(3)17-13/h4-7,10,16H,8-9H2,1-3H3. The highest BCUT2D eigenvalue weighted by Gasteiger charge is 2.05. The number of nitrogens with zero attached hydrogens (tertiary/aromatic N) is 2. The third-order valence-electron chi connectivity index (χ3n) is 2.77. The Balaban J connectivity index is 1.83. The predicted octanol–water partition coefficient (Wildman–Crippen LogP) is 2.88. The van der Waals surface area contributed by atoms with Gasteiger partial charge in [-0.1, -0.05) is 0 Å². The first-order valence-electron chi connectivity index (χ1n) is 6.20. The quantitative estimate of drug-likeness (QED) is 0.899. The number of aryl methyl sites for hydroxylation is 2. The van der Waals surface area contributed by atoms with Crippen LogP contribution >= 0.6 is 11.3 Å². The summed E-state index contributed by atoms with van der Waals surface area (Å²) in [5, 5.41) is 3.50. The van der Waals surface area contributed by atoms with Crippen molar-refractivity contribution >= 4 is 11.3 Å². The molecule has 2 heterocycles. The first-order valence-corrected chi connectivity index (χ1v) is 7.02. The van der Waals surface area contributed by atoms with Crippen LogP contribution in [0.2, 0.25) is 0 Å². The number of aromatic nitrogens is 2. The van der Waals surface area contributed by atoms with Crippen LogP contribution in [0.3, 0.4) is 0 Å². The van der Waals surface area contributed by atoms with Crippen LogP contribution in [0, 0.1) is 13.8 Å². The van der Waals surface area contributed by atoms with Crippen LogP contribution in [0.1, 0.15) is 28.2 Å². The lowest BCUT2D eigenvalue weighted by atomic mass is 10.2.